The number of hydrogen-bond acceptors (Lipinski definition) is 3. The number of fused-ring (bicyclic) bond motifs is 1. The molecule has 3 rings (SSSR count). The summed E-state index contributed by atoms with van der Waals surface area (Å²) in [6, 6.07) is 12.3. The Balaban J connectivity index is 1.77. The first-order valence-electron chi connectivity index (χ1n) is 8.27. The molecule has 2 atom stereocenters. The highest BCUT2D eigenvalue weighted by Gasteiger charge is 2.25. The second kappa shape index (κ2) is 7.01. The van der Waals surface area contributed by atoms with Gasteiger partial charge in [-0.15, -0.1) is 0 Å². The summed E-state index contributed by atoms with van der Waals surface area (Å²) in [6.07, 6.45) is 3.79. The minimum atomic E-state index is 0.0414. The third kappa shape index (κ3) is 3.48. The average molecular weight is 312 g/mol. The number of ether oxygens (including phenoxy) is 1. The van der Waals surface area contributed by atoms with Crippen molar-refractivity contribution < 1.29 is 9.53 Å². The number of nitrogens with one attached hydrogen (secondary N) is 1. The summed E-state index contributed by atoms with van der Waals surface area (Å²) < 4.78 is 5.48. The Kier molecular flexibility index (Phi) is 4.82. The molecular formula is C19H24N2O2. The summed E-state index contributed by atoms with van der Waals surface area (Å²) >= 11 is 0. The molecule has 0 bridgehead atoms. The maximum atomic E-state index is 12.4. The Labute approximate surface area is 137 Å². The third-order valence-electron chi connectivity index (χ3n) is 4.74. The van der Waals surface area contributed by atoms with Gasteiger partial charge < -0.3 is 15.8 Å². The first-order valence-corrected chi connectivity index (χ1v) is 8.27. The number of rotatable bonds is 4. The highest BCUT2D eigenvalue weighted by Crippen LogP contribution is 2.28. The van der Waals surface area contributed by atoms with Crippen LogP contribution in [0.2, 0.25) is 0 Å². The van der Waals surface area contributed by atoms with Gasteiger partial charge in [0.2, 0.25) is 5.91 Å². The third-order valence-corrected chi connectivity index (χ3v) is 4.74. The standard InChI is InChI=1S/C19H24N2O2/c1-23-18-10-9-13-5-2-3-8-16(13)17(18)12-21-19(22)14-6-4-7-15(20)11-14/h2-3,5,8-10,14-15H,4,6-7,11-12,20H2,1H3,(H,21,22). The summed E-state index contributed by atoms with van der Waals surface area (Å²) in [7, 11) is 1.66. The van der Waals surface area contributed by atoms with Crippen LogP contribution in [0.15, 0.2) is 36.4 Å². The summed E-state index contributed by atoms with van der Waals surface area (Å²) in [5.41, 5.74) is 7.02. The molecule has 2 aromatic carbocycles. The highest BCUT2D eigenvalue weighted by atomic mass is 16.5. The normalized spacial score (nSPS) is 21.1. The Morgan fingerprint density at radius 2 is 2.09 bits per heavy atom. The van der Waals surface area contributed by atoms with Crippen LogP contribution in [0, 0.1) is 5.92 Å². The van der Waals surface area contributed by atoms with E-state index in [4.69, 9.17) is 10.5 Å². The molecule has 1 aliphatic rings. The molecule has 0 aliphatic heterocycles. The van der Waals surface area contributed by atoms with E-state index in [0.29, 0.717) is 6.54 Å². The van der Waals surface area contributed by atoms with E-state index in [2.05, 4.69) is 17.4 Å². The minimum Gasteiger partial charge on any atom is -0.496 e. The van der Waals surface area contributed by atoms with Gasteiger partial charge in [-0.05, 0) is 36.1 Å². The zero-order valence-electron chi connectivity index (χ0n) is 13.5. The minimum absolute atomic E-state index is 0.0414. The van der Waals surface area contributed by atoms with Gasteiger partial charge in [-0.2, -0.15) is 0 Å². The summed E-state index contributed by atoms with van der Waals surface area (Å²) in [4.78, 5) is 12.4. The highest BCUT2D eigenvalue weighted by molar-refractivity contribution is 5.88. The Hall–Kier alpha value is -2.07. The molecule has 23 heavy (non-hydrogen) atoms. The predicted molar refractivity (Wildman–Crippen MR) is 92.3 cm³/mol. The maximum absolute atomic E-state index is 12.4. The quantitative estimate of drug-likeness (QED) is 0.912. The van der Waals surface area contributed by atoms with Crippen molar-refractivity contribution in [2.75, 3.05) is 7.11 Å². The molecule has 1 fully saturated rings. The fraction of sp³-hybridized carbons (Fsp3) is 0.421. The van der Waals surface area contributed by atoms with E-state index in [9.17, 15) is 4.79 Å². The second-order valence-electron chi connectivity index (χ2n) is 6.31. The molecule has 4 nitrogen and oxygen atoms in total. The molecule has 0 saturated heterocycles. The van der Waals surface area contributed by atoms with Gasteiger partial charge in [0.1, 0.15) is 5.75 Å². The van der Waals surface area contributed by atoms with Crippen LogP contribution in [0.3, 0.4) is 0 Å². The molecule has 0 aromatic heterocycles. The molecule has 1 aliphatic carbocycles. The molecular weight excluding hydrogens is 288 g/mol. The van der Waals surface area contributed by atoms with Crippen molar-refractivity contribution in [3.05, 3.63) is 42.0 Å². The van der Waals surface area contributed by atoms with Crippen molar-refractivity contribution in [2.45, 2.75) is 38.3 Å². The van der Waals surface area contributed by atoms with Crippen molar-refractivity contribution in [3.63, 3.8) is 0 Å². The molecule has 3 N–H and O–H groups in total. The Morgan fingerprint density at radius 1 is 1.26 bits per heavy atom. The number of benzene rings is 2. The van der Waals surface area contributed by atoms with Gasteiger partial charge in [0.05, 0.1) is 7.11 Å². The van der Waals surface area contributed by atoms with Crippen LogP contribution in [0.4, 0.5) is 0 Å². The van der Waals surface area contributed by atoms with E-state index in [-0.39, 0.29) is 17.9 Å². The van der Waals surface area contributed by atoms with Crippen molar-refractivity contribution in [1.29, 1.82) is 0 Å². The van der Waals surface area contributed by atoms with E-state index in [0.717, 1.165) is 47.8 Å². The first-order chi connectivity index (χ1) is 11.2. The Bertz CT molecular complexity index is 699. The van der Waals surface area contributed by atoms with Crippen LogP contribution in [0.1, 0.15) is 31.2 Å². The molecule has 0 radical (unpaired) electrons. The zero-order chi connectivity index (χ0) is 16.2. The number of amides is 1. The van der Waals surface area contributed by atoms with Gasteiger partial charge in [-0.25, -0.2) is 0 Å². The molecule has 122 valence electrons. The van der Waals surface area contributed by atoms with Crippen molar-refractivity contribution in [2.24, 2.45) is 11.7 Å². The topological polar surface area (TPSA) is 64.3 Å². The number of nitrogens with two attached hydrogens (primary N) is 1. The van der Waals surface area contributed by atoms with Crippen LogP contribution >= 0.6 is 0 Å². The van der Waals surface area contributed by atoms with Gasteiger partial charge in [0.25, 0.3) is 0 Å². The summed E-state index contributed by atoms with van der Waals surface area (Å²) in [5, 5.41) is 5.35. The van der Waals surface area contributed by atoms with Gasteiger partial charge in [0.15, 0.2) is 0 Å². The smallest absolute Gasteiger partial charge is 0.223 e. The molecule has 2 unspecified atom stereocenters. The van der Waals surface area contributed by atoms with Crippen molar-refractivity contribution in [1.82, 2.24) is 5.32 Å². The van der Waals surface area contributed by atoms with Crippen LogP contribution in [-0.2, 0) is 11.3 Å². The van der Waals surface area contributed by atoms with Crippen molar-refractivity contribution >= 4 is 16.7 Å². The van der Waals surface area contributed by atoms with Crippen LogP contribution < -0.4 is 15.8 Å². The summed E-state index contributed by atoms with van der Waals surface area (Å²) in [5.74, 6) is 0.958. The molecule has 0 spiro atoms. The van der Waals surface area contributed by atoms with Gasteiger partial charge in [-0.1, -0.05) is 36.8 Å². The van der Waals surface area contributed by atoms with E-state index < -0.39 is 0 Å². The lowest BCUT2D eigenvalue weighted by Crippen LogP contribution is -2.37. The summed E-state index contributed by atoms with van der Waals surface area (Å²) in [6.45, 7) is 0.481. The number of carbonyl (C=O) groups is 1. The SMILES string of the molecule is COc1ccc2ccccc2c1CNC(=O)C1CCCC(N)C1. The van der Waals surface area contributed by atoms with Crippen LogP contribution in [-0.4, -0.2) is 19.1 Å². The Morgan fingerprint density at radius 3 is 2.87 bits per heavy atom. The zero-order valence-corrected chi connectivity index (χ0v) is 13.5. The van der Waals surface area contributed by atoms with Crippen LogP contribution in [0.25, 0.3) is 10.8 Å². The van der Waals surface area contributed by atoms with E-state index in [1.54, 1.807) is 7.11 Å². The number of hydrogen-bond donors (Lipinski definition) is 2. The van der Waals surface area contributed by atoms with Gasteiger partial charge in [0, 0.05) is 24.1 Å². The molecule has 0 heterocycles. The van der Waals surface area contributed by atoms with E-state index in [1.807, 2.05) is 24.3 Å². The molecule has 4 heteroatoms. The lowest BCUT2D eigenvalue weighted by Gasteiger charge is -2.25. The largest absolute Gasteiger partial charge is 0.496 e. The fourth-order valence-corrected chi connectivity index (χ4v) is 3.48. The predicted octanol–water partition coefficient (Wildman–Crippen LogP) is 2.98. The molecule has 2 aromatic rings. The van der Waals surface area contributed by atoms with Crippen LogP contribution in [0.5, 0.6) is 5.75 Å². The van der Waals surface area contributed by atoms with Gasteiger partial charge >= 0.3 is 0 Å². The fourth-order valence-electron chi connectivity index (χ4n) is 3.48. The molecule has 1 saturated carbocycles. The van der Waals surface area contributed by atoms with Gasteiger partial charge in [-0.3, -0.25) is 4.79 Å². The average Bonchev–Trinajstić information content (AvgIpc) is 2.59. The first kappa shape index (κ1) is 15.8. The van der Waals surface area contributed by atoms with E-state index in [1.165, 1.54) is 0 Å². The number of carbonyl (C=O) groups excluding carboxylic acids is 1. The van der Waals surface area contributed by atoms with E-state index >= 15 is 0 Å². The maximum Gasteiger partial charge on any atom is 0.223 e. The van der Waals surface area contributed by atoms with Crippen molar-refractivity contribution in [3.8, 4) is 5.75 Å². The second-order valence-corrected chi connectivity index (χ2v) is 6.31. The monoisotopic (exact) mass is 312 g/mol. The lowest BCUT2D eigenvalue weighted by atomic mass is 9.85. The molecule has 1 amide bonds. The number of methoxy groups -OCH3 is 1. The lowest BCUT2D eigenvalue weighted by molar-refractivity contribution is -0.126.